The van der Waals surface area contributed by atoms with Crippen LogP contribution in [0.2, 0.25) is 0 Å². The van der Waals surface area contributed by atoms with Crippen molar-refractivity contribution in [3.05, 3.63) is 71.4 Å². The summed E-state index contributed by atoms with van der Waals surface area (Å²) in [5.41, 5.74) is 3.60. The van der Waals surface area contributed by atoms with E-state index in [2.05, 4.69) is 15.3 Å². The predicted molar refractivity (Wildman–Crippen MR) is 93.9 cm³/mol. The fourth-order valence-corrected chi connectivity index (χ4v) is 3.33. The molecule has 126 valence electrons. The third kappa shape index (κ3) is 2.59. The highest BCUT2D eigenvalue weighted by atomic mass is 19.1. The molecule has 1 amide bonds. The largest absolute Gasteiger partial charge is 0.386 e. The van der Waals surface area contributed by atoms with Crippen molar-refractivity contribution >= 4 is 17.3 Å². The number of allylic oxidation sites excluding steroid dienone is 1. The summed E-state index contributed by atoms with van der Waals surface area (Å²) in [7, 11) is 0. The van der Waals surface area contributed by atoms with Gasteiger partial charge >= 0.3 is 0 Å². The number of rotatable bonds is 2. The van der Waals surface area contributed by atoms with E-state index < -0.39 is 0 Å². The van der Waals surface area contributed by atoms with Gasteiger partial charge in [-0.05, 0) is 43.3 Å². The fraction of sp³-hybridized carbons (Fsp3) is 0.211. The molecule has 4 rings (SSSR count). The number of carbonyl (C=O) groups excluding carboxylic acids is 1. The third-order valence-electron chi connectivity index (χ3n) is 4.46. The zero-order valence-electron chi connectivity index (χ0n) is 13.7. The van der Waals surface area contributed by atoms with Crippen LogP contribution in [0.1, 0.15) is 18.7 Å². The van der Waals surface area contributed by atoms with Gasteiger partial charge in [-0.3, -0.25) is 19.7 Å². The molecule has 1 fully saturated rings. The minimum atomic E-state index is -0.386. The van der Waals surface area contributed by atoms with Crippen LogP contribution in [-0.4, -0.2) is 29.7 Å². The molecule has 2 aliphatic heterocycles. The number of aromatic nitrogens is 1. The molecule has 0 radical (unpaired) electrons. The molecular formula is C19H17FN4O. The van der Waals surface area contributed by atoms with Gasteiger partial charge in [0.05, 0.1) is 12.2 Å². The smallest absolute Gasteiger partial charge is 0.277 e. The maximum Gasteiger partial charge on any atom is 0.277 e. The fourth-order valence-electron chi connectivity index (χ4n) is 3.33. The topological polar surface area (TPSA) is 57.6 Å². The number of anilines is 1. The predicted octanol–water partition coefficient (Wildman–Crippen LogP) is 2.63. The molecular weight excluding hydrogens is 319 g/mol. The lowest BCUT2D eigenvalue weighted by molar-refractivity contribution is -0.112. The average Bonchev–Trinajstić information content (AvgIpc) is 2.78. The van der Waals surface area contributed by atoms with Gasteiger partial charge in [0.2, 0.25) is 0 Å². The van der Waals surface area contributed by atoms with Crippen molar-refractivity contribution in [1.29, 1.82) is 0 Å². The monoisotopic (exact) mass is 336 g/mol. The molecule has 0 aliphatic carbocycles. The maximum atomic E-state index is 13.3. The first kappa shape index (κ1) is 15.5. The van der Waals surface area contributed by atoms with E-state index in [1.54, 1.807) is 23.2 Å². The zero-order valence-corrected chi connectivity index (χ0v) is 13.7. The van der Waals surface area contributed by atoms with Gasteiger partial charge < -0.3 is 5.32 Å². The van der Waals surface area contributed by atoms with E-state index in [0.717, 1.165) is 17.0 Å². The molecule has 6 heteroatoms. The number of carbonyl (C=O) groups is 1. The summed E-state index contributed by atoms with van der Waals surface area (Å²) in [5.74, 6) is -0.520. The second kappa shape index (κ2) is 6.12. The van der Waals surface area contributed by atoms with Crippen LogP contribution in [0.3, 0.4) is 0 Å². The Morgan fingerprint density at radius 2 is 2.00 bits per heavy atom. The first-order chi connectivity index (χ1) is 12.2. The molecule has 0 spiro atoms. The first-order valence-corrected chi connectivity index (χ1v) is 8.16. The number of pyridine rings is 1. The summed E-state index contributed by atoms with van der Waals surface area (Å²) in [6, 6.07) is 11.2. The Kier molecular flexibility index (Phi) is 3.80. The summed E-state index contributed by atoms with van der Waals surface area (Å²) < 4.78 is 13.3. The number of fused-ring (bicyclic) bond motifs is 1. The maximum absolute atomic E-state index is 13.3. The Morgan fingerprint density at radius 3 is 2.72 bits per heavy atom. The van der Waals surface area contributed by atoms with E-state index >= 15 is 0 Å². The van der Waals surface area contributed by atoms with Crippen LogP contribution in [0.4, 0.5) is 10.1 Å². The van der Waals surface area contributed by atoms with Gasteiger partial charge in [0.1, 0.15) is 17.6 Å². The molecule has 0 saturated carbocycles. The normalized spacial score (nSPS) is 20.1. The summed E-state index contributed by atoms with van der Waals surface area (Å²) in [6.07, 6.45) is 1.71. The standard InChI is InChI=1S/C19H17FN4O/c1-12-16-17(23-11-10-21-12)19(25)24(14-7-5-13(20)6-8-14)18(16)15-4-2-3-9-22-15/h2-9,18,21H,10-11H2,1H3/t18-/m1/s1. The van der Waals surface area contributed by atoms with Crippen molar-refractivity contribution in [3.8, 4) is 0 Å². The highest BCUT2D eigenvalue weighted by molar-refractivity contribution is 6.53. The quantitative estimate of drug-likeness (QED) is 0.917. The number of halogens is 1. The van der Waals surface area contributed by atoms with Crippen molar-refractivity contribution in [2.75, 3.05) is 18.0 Å². The highest BCUT2D eigenvalue weighted by Crippen LogP contribution is 2.40. The molecule has 1 N–H and O–H groups in total. The van der Waals surface area contributed by atoms with Gasteiger partial charge in [0, 0.05) is 29.7 Å². The van der Waals surface area contributed by atoms with Crippen molar-refractivity contribution in [3.63, 3.8) is 0 Å². The van der Waals surface area contributed by atoms with E-state index in [9.17, 15) is 9.18 Å². The van der Waals surface area contributed by atoms with Gasteiger partial charge in [-0.25, -0.2) is 4.39 Å². The molecule has 1 atom stereocenters. The van der Waals surface area contributed by atoms with Crippen LogP contribution in [0, 0.1) is 5.82 Å². The Morgan fingerprint density at radius 1 is 1.20 bits per heavy atom. The van der Waals surface area contributed by atoms with Crippen LogP contribution >= 0.6 is 0 Å². The van der Waals surface area contributed by atoms with Gasteiger partial charge in [-0.2, -0.15) is 0 Å². The molecule has 0 unspecified atom stereocenters. The Hall–Kier alpha value is -3.02. The molecule has 25 heavy (non-hydrogen) atoms. The van der Waals surface area contributed by atoms with E-state index in [4.69, 9.17) is 0 Å². The zero-order chi connectivity index (χ0) is 17.4. The minimum absolute atomic E-state index is 0.180. The van der Waals surface area contributed by atoms with Crippen LogP contribution in [-0.2, 0) is 4.79 Å². The van der Waals surface area contributed by atoms with Crippen LogP contribution in [0.5, 0.6) is 0 Å². The van der Waals surface area contributed by atoms with Gasteiger partial charge in [-0.15, -0.1) is 0 Å². The molecule has 1 aromatic carbocycles. The first-order valence-electron chi connectivity index (χ1n) is 8.16. The Bertz CT molecular complexity index is 874. The van der Waals surface area contributed by atoms with Crippen molar-refractivity contribution < 1.29 is 9.18 Å². The molecule has 3 heterocycles. The SMILES string of the molecule is CC1=C2C(=NCCN1)C(=O)N(c1ccc(F)cc1)[C@@H]2c1ccccn1. The summed E-state index contributed by atoms with van der Waals surface area (Å²) >= 11 is 0. The van der Waals surface area contributed by atoms with Crippen LogP contribution < -0.4 is 10.2 Å². The van der Waals surface area contributed by atoms with E-state index in [-0.39, 0.29) is 17.8 Å². The molecule has 1 aromatic heterocycles. The van der Waals surface area contributed by atoms with Gasteiger partial charge in [0.25, 0.3) is 5.91 Å². The van der Waals surface area contributed by atoms with Crippen molar-refractivity contribution in [2.24, 2.45) is 4.99 Å². The average molecular weight is 336 g/mol. The van der Waals surface area contributed by atoms with Gasteiger partial charge in [-0.1, -0.05) is 6.07 Å². The second-order valence-electron chi connectivity index (χ2n) is 6.00. The molecule has 1 saturated heterocycles. The lowest BCUT2D eigenvalue weighted by Crippen LogP contribution is -2.30. The number of benzene rings is 1. The lowest BCUT2D eigenvalue weighted by Gasteiger charge is -2.25. The number of nitrogens with one attached hydrogen (secondary N) is 1. The summed E-state index contributed by atoms with van der Waals surface area (Å²) in [5, 5.41) is 3.32. The van der Waals surface area contributed by atoms with Crippen LogP contribution in [0.15, 0.2) is 64.9 Å². The number of hydrogen-bond donors (Lipinski definition) is 1. The molecule has 2 aromatic rings. The lowest BCUT2D eigenvalue weighted by atomic mass is 10.0. The molecule has 2 aliphatic rings. The third-order valence-corrected chi connectivity index (χ3v) is 4.46. The van der Waals surface area contributed by atoms with Crippen molar-refractivity contribution in [2.45, 2.75) is 13.0 Å². The van der Waals surface area contributed by atoms with Crippen molar-refractivity contribution in [1.82, 2.24) is 10.3 Å². The number of hydrogen-bond acceptors (Lipinski definition) is 4. The summed E-state index contributed by atoms with van der Waals surface area (Å²) in [4.78, 5) is 23.7. The number of amides is 1. The summed E-state index contributed by atoms with van der Waals surface area (Å²) in [6.45, 7) is 3.18. The Balaban J connectivity index is 1.92. The van der Waals surface area contributed by atoms with E-state index in [1.165, 1.54) is 12.1 Å². The van der Waals surface area contributed by atoms with E-state index in [0.29, 0.717) is 24.5 Å². The molecule has 0 bridgehead atoms. The Labute approximate surface area is 144 Å². The minimum Gasteiger partial charge on any atom is -0.386 e. The molecule has 5 nitrogen and oxygen atoms in total. The number of aliphatic imine (C=N–C) groups is 1. The van der Waals surface area contributed by atoms with E-state index in [1.807, 2.05) is 25.1 Å². The van der Waals surface area contributed by atoms with Crippen LogP contribution in [0.25, 0.3) is 0 Å². The van der Waals surface area contributed by atoms with Gasteiger partial charge in [0.15, 0.2) is 0 Å². The highest BCUT2D eigenvalue weighted by Gasteiger charge is 2.45. The second-order valence-corrected chi connectivity index (χ2v) is 6.00. The number of nitrogens with zero attached hydrogens (tertiary/aromatic N) is 3.